The molecule has 0 spiro atoms. The first-order valence-corrected chi connectivity index (χ1v) is 6.26. The summed E-state index contributed by atoms with van der Waals surface area (Å²) < 4.78 is 15.0. The molecule has 3 aromatic rings. The molecule has 0 fully saturated rings. The van der Waals surface area contributed by atoms with Crippen LogP contribution in [0, 0.1) is 5.82 Å². The van der Waals surface area contributed by atoms with E-state index in [1.807, 2.05) is 0 Å². The minimum atomic E-state index is -0.463. The molecule has 7 nitrogen and oxygen atoms in total. The van der Waals surface area contributed by atoms with Crippen LogP contribution in [0.3, 0.4) is 0 Å². The van der Waals surface area contributed by atoms with Gasteiger partial charge >= 0.3 is 0 Å². The maximum Gasteiger partial charge on any atom is 0.276 e. The molecule has 0 atom stereocenters. The number of carbonyl (C=O) groups excluding carboxylic acids is 1. The zero-order valence-electron chi connectivity index (χ0n) is 10.9. The van der Waals surface area contributed by atoms with Gasteiger partial charge in [-0.2, -0.15) is 10.2 Å². The fourth-order valence-corrected chi connectivity index (χ4v) is 2.02. The monoisotopic (exact) mass is 289 g/mol. The smallest absolute Gasteiger partial charge is 0.276 e. The fraction of sp³-hybridized carbons (Fsp3) is 0.154. The molecule has 108 valence electrons. The van der Waals surface area contributed by atoms with Gasteiger partial charge in [0, 0.05) is 11.6 Å². The van der Waals surface area contributed by atoms with E-state index >= 15 is 0 Å². The van der Waals surface area contributed by atoms with Crippen molar-refractivity contribution in [1.82, 2.24) is 20.0 Å². The molecular formula is C13H12FN5O2. The van der Waals surface area contributed by atoms with Crippen molar-refractivity contribution in [3.05, 3.63) is 42.1 Å². The summed E-state index contributed by atoms with van der Waals surface area (Å²) >= 11 is 0. The number of benzene rings is 1. The van der Waals surface area contributed by atoms with Crippen LogP contribution in [0.25, 0.3) is 10.9 Å². The lowest BCUT2D eigenvalue weighted by Crippen LogP contribution is -2.12. The van der Waals surface area contributed by atoms with E-state index in [2.05, 4.69) is 20.6 Å². The van der Waals surface area contributed by atoms with Gasteiger partial charge in [-0.25, -0.2) is 4.39 Å². The highest BCUT2D eigenvalue weighted by Gasteiger charge is 2.16. The maximum absolute atomic E-state index is 13.5. The molecule has 0 aliphatic heterocycles. The quantitative estimate of drug-likeness (QED) is 0.671. The summed E-state index contributed by atoms with van der Waals surface area (Å²) in [6, 6.07) is 4.43. The van der Waals surface area contributed by atoms with Crippen molar-refractivity contribution >= 4 is 22.5 Å². The number of nitrogens with one attached hydrogen (secondary N) is 2. The van der Waals surface area contributed by atoms with Crippen molar-refractivity contribution < 1.29 is 14.3 Å². The number of aromatic amines is 1. The number of fused-ring (bicyclic) bond motifs is 1. The second kappa shape index (κ2) is 5.33. The van der Waals surface area contributed by atoms with E-state index in [9.17, 15) is 9.18 Å². The Bertz CT molecular complexity index is 795. The van der Waals surface area contributed by atoms with Crippen molar-refractivity contribution in [2.45, 2.75) is 6.54 Å². The standard InChI is InChI=1S/C13H12FN5O2/c14-10-3-1-2-9-11(10)17-18-12(9)13(21)16-8-6-15-19(7-8)4-5-20/h1-3,6-7,20H,4-5H2,(H,16,21)(H,17,18). The Morgan fingerprint density at radius 3 is 3.14 bits per heavy atom. The fourth-order valence-electron chi connectivity index (χ4n) is 2.02. The number of rotatable bonds is 4. The van der Waals surface area contributed by atoms with Crippen molar-refractivity contribution in [2.75, 3.05) is 11.9 Å². The molecule has 0 radical (unpaired) electrons. The first-order chi connectivity index (χ1) is 10.2. The molecule has 0 saturated heterocycles. The molecule has 0 unspecified atom stereocenters. The molecule has 21 heavy (non-hydrogen) atoms. The van der Waals surface area contributed by atoms with Gasteiger partial charge in [0.1, 0.15) is 11.3 Å². The van der Waals surface area contributed by atoms with Gasteiger partial charge in [0.25, 0.3) is 5.91 Å². The molecule has 0 bridgehead atoms. The van der Waals surface area contributed by atoms with Gasteiger partial charge in [-0.05, 0) is 6.07 Å². The summed E-state index contributed by atoms with van der Waals surface area (Å²) in [6.45, 7) is 0.296. The van der Waals surface area contributed by atoms with E-state index in [4.69, 9.17) is 5.11 Å². The SMILES string of the molecule is O=C(Nc1cnn(CCO)c1)c1n[nH]c2c(F)cccc12. The zero-order valence-corrected chi connectivity index (χ0v) is 10.9. The number of aliphatic hydroxyl groups is 1. The Kier molecular flexibility index (Phi) is 3.36. The van der Waals surface area contributed by atoms with E-state index in [0.717, 1.165) is 0 Å². The first-order valence-electron chi connectivity index (χ1n) is 6.26. The summed E-state index contributed by atoms with van der Waals surface area (Å²) in [4.78, 5) is 12.2. The van der Waals surface area contributed by atoms with Crippen LogP contribution in [0.1, 0.15) is 10.5 Å². The van der Waals surface area contributed by atoms with Crippen LogP contribution in [0.15, 0.2) is 30.6 Å². The first kappa shape index (κ1) is 13.3. The third-order valence-electron chi connectivity index (χ3n) is 2.98. The van der Waals surface area contributed by atoms with Crippen LogP contribution < -0.4 is 5.32 Å². The van der Waals surface area contributed by atoms with Gasteiger partial charge in [0.15, 0.2) is 5.69 Å². The highest BCUT2D eigenvalue weighted by Crippen LogP contribution is 2.19. The van der Waals surface area contributed by atoms with Crippen molar-refractivity contribution in [1.29, 1.82) is 0 Å². The van der Waals surface area contributed by atoms with Gasteiger partial charge < -0.3 is 10.4 Å². The Hall–Kier alpha value is -2.74. The number of carbonyl (C=O) groups is 1. The lowest BCUT2D eigenvalue weighted by molar-refractivity contribution is 0.102. The van der Waals surface area contributed by atoms with E-state index < -0.39 is 11.7 Å². The van der Waals surface area contributed by atoms with E-state index in [1.165, 1.54) is 23.0 Å². The molecule has 0 aliphatic rings. The lowest BCUT2D eigenvalue weighted by atomic mass is 10.2. The molecule has 8 heteroatoms. The van der Waals surface area contributed by atoms with Crippen LogP contribution in [-0.4, -0.2) is 37.6 Å². The number of halogens is 1. The molecule has 0 saturated carbocycles. The molecule has 1 aromatic carbocycles. The van der Waals surface area contributed by atoms with Gasteiger partial charge in [0.2, 0.25) is 0 Å². The molecule has 3 N–H and O–H groups in total. The Morgan fingerprint density at radius 1 is 1.48 bits per heavy atom. The second-order valence-electron chi connectivity index (χ2n) is 4.40. The zero-order chi connectivity index (χ0) is 14.8. The number of H-pyrrole nitrogens is 1. The number of hydrogen-bond acceptors (Lipinski definition) is 4. The van der Waals surface area contributed by atoms with E-state index in [0.29, 0.717) is 17.6 Å². The van der Waals surface area contributed by atoms with Gasteiger partial charge in [-0.3, -0.25) is 14.6 Å². The highest BCUT2D eigenvalue weighted by molar-refractivity contribution is 6.11. The van der Waals surface area contributed by atoms with Crippen LogP contribution in [-0.2, 0) is 6.54 Å². The Morgan fingerprint density at radius 2 is 2.33 bits per heavy atom. The number of aromatic nitrogens is 4. The van der Waals surface area contributed by atoms with Crippen molar-refractivity contribution in [3.8, 4) is 0 Å². The average molecular weight is 289 g/mol. The van der Waals surface area contributed by atoms with Crippen LogP contribution >= 0.6 is 0 Å². The normalized spacial score (nSPS) is 11.0. The summed E-state index contributed by atoms with van der Waals surface area (Å²) in [6.07, 6.45) is 3.05. The third kappa shape index (κ3) is 2.48. The number of nitrogens with zero attached hydrogens (tertiary/aromatic N) is 3. The predicted octanol–water partition coefficient (Wildman–Crippen LogP) is 1.14. The minimum Gasteiger partial charge on any atom is -0.394 e. The van der Waals surface area contributed by atoms with Crippen molar-refractivity contribution in [3.63, 3.8) is 0 Å². The van der Waals surface area contributed by atoms with Crippen LogP contribution in [0.4, 0.5) is 10.1 Å². The Labute approximate surface area is 118 Å². The minimum absolute atomic E-state index is 0.0433. The number of aliphatic hydroxyl groups excluding tert-OH is 1. The van der Waals surface area contributed by atoms with Gasteiger partial charge in [0.05, 0.1) is 25.0 Å². The van der Waals surface area contributed by atoms with E-state index in [1.54, 1.807) is 12.3 Å². The third-order valence-corrected chi connectivity index (χ3v) is 2.98. The van der Waals surface area contributed by atoms with Crippen molar-refractivity contribution in [2.24, 2.45) is 0 Å². The largest absolute Gasteiger partial charge is 0.394 e. The number of amides is 1. The number of anilines is 1. The summed E-state index contributed by atoms with van der Waals surface area (Å²) in [5.41, 5.74) is 0.777. The maximum atomic E-state index is 13.5. The molecule has 2 aromatic heterocycles. The number of para-hydroxylation sites is 1. The van der Waals surface area contributed by atoms with Crippen LogP contribution in [0.5, 0.6) is 0 Å². The molecule has 0 aliphatic carbocycles. The number of hydrogen-bond donors (Lipinski definition) is 3. The highest BCUT2D eigenvalue weighted by atomic mass is 19.1. The Balaban J connectivity index is 1.85. The molecule has 2 heterocycles. The molecule has 1 amide bonds. The average Bonchev–Trinajstić information content (AvgIpc) is 3.07. The lowest BCUT2D eigenvalue weighted by Gasteiger charge is -2.00. The van der Waals surface area contributed by atoms with Gasteiger partial charge in [-0.15, -0.1) is 0 Å². The van der Waals surface area contributed by atoms with Crippen LogP contribution in [0.2, 0.25) is 0 Å². The topological polar surface area (TPSA) is 95.8 Å². The summed E-state index contributed by atoms with van der Waals surface area (Å²) in [5.74, 6) is -0.926. The predicted molar refractivity (Wildman–Crippen MR) is 73.3 cm³/mol. The van der Waals surface area contributed by atoms with Gasteiger partial charge in [-0.1, -0.05) is 12.1 Å². The van der Waals surface area contributed by atoms with E-state index in [-0.39, 0.29) is 17.8 Å². The molecule has 3 rings (SSSR count). The summed E-state index contributed by atoms with van der Waals surface area (Å²) in [7, 11) is 0. The second-order valence-corrected chi connectivity index (χ2v) is 4.40. The summed E-state index contributed by atoms with van der Waals surface area (Å²) in [5, 5.41) is 22.2. The molecular weight excluding hydrogens is 277 g/mol.